The number of thioether (sulfide) groups is 1. The molecular formula is C22H26N6O7S. The van der Waals surface area contributed by atoms with Crippen LogP contribution in [0.15, 0.2) is 41.6 Å². The van der Waals surface area contributed by atoms with E-state index in [0.29, 0.717) is 0 Å². The standard InChI is InChI=1S/C22H26N6O7S/c1-24-21(34)27(2)22(35)25-13(8-11-6-4-3-5-7-11)17(30)26-15-18(31)28-16(20(32)33)12(9-14(23)29)10-36-19(15)28/h3-7,13,15,19H,8-10H2,1-2H3,(H2,23,29)(H,24,34)(H,25,35)(H,26,30)(H,32,33)/t13-,15+,19+/m0/s1. The lowest BCUT2D eigenvalue weighted by Gasteiger charge is -2.49. The number of carboxylic acids is 1. The highest BCUT2D eigenvalue weighted by Crippen LogP contribution is 2.41. The van der Waals surface area contributed by atoms with E-state index in [-0.39, 0.29) is 29.9 Å². The average molecular weight is 519 g/mol. The Labute approximate surface area is 210 Å². The average Bonchev–Trinajstić information content (AvgIpc) is 2.85. The number of amides is 7. The highest BCUT2D eigenvalue weighted by Gasteiger charge is 2.54. The van der Waals surface area contributed by atoms with Crippen LogP contribution in [0.3, 0.4) is 0 Å². The second-order valence-corrected chi connectivity index (χ2v) is 9.21. The van der Waals surface area contributed by atoms with Crippen molar-refractivity contribution in [2.45, 2.75) is 30.3 Å². The first-order valence-electron chi connectivity index (χ1n) is 10.8. The molecule has 2 aliphatic rings. The molecule has 1 aromatic rings. The minimum absolute atomic E-state index is 0.0749. The number of carbonyl (C=O) groups is 6. The molecule has 1 aromatic carbocycles. The van der Waals surface area contributed by atoms with Gasteiger partial charge in [0.2, 0.25) is 11.8 Å². The zero-order valence-corrected chi connectivity index (χ0v) is 20.3. The molecule has 1 saturated heterocycles. The van der Waals surface area contributed by atoms with Gasteiger partial charge in [0.15, 0.2) is 0 Å². The lowest BCUT2D eigenvalue weighted by molar-refractivity contribution is -0.151. The van der Waals surface area contributed by atoms with E-state index in [1.165, 1.54) is 25.9 Å². The lowest BCUT2D eigenvalue weighted by atomic mass is 10.00. The van der Waals surface area contributed by atoms with Crippen LogP contribution in [0.1, 0.15) is 12.0 Å². The Hall–Kier alpha value is -4.07. The molecule has 1 fully saturated rings. The Balaban J connectivity index is 1.77. The van der Waals surface area contributed by atoms with Gasteiger partial charge in [0.1, 0.15) is 23.2 Å². The molecule has 0 radical (unpaired) electrons. The Kier molecular flexibility index (Phi) is 8.19. The third-order valence-corrected chi connectivity index (χ3v) is 6.99. The smallest absolute Gasteiger partial charge is 0.352 e. The number of carbonyl (C=O) groups excluding carboxylic acids is 5. The molecule has 0 aromatic heterocycles. The van der Waals surface area contributed by atoms with Crippen LogP contribution in [0, 0.1) is 0 Å². The lowest BCUT2D eigenvalue weighted by Crippen LogP contribution is -2.72. The maximum absolute atomic E-state index is 13.2. The van der Waals surface area contributed by atoms with Crippen LogP contribution in [0.25, 0.3) is 0 Å². The number of β-lactam (4-membered cyclic amide) rings is 1. The van der Waals surface area contributed by atoms with Gasteiger partial charge >= 0.3 is 18.0 Å². The highest BCUT2D eigenvalue weighted by molar-refractivity contribution is 8.00. The molecule has 0 bridgehead atoms. The number of hydrogen-bond donors (Lipinski definition) is 5. The number of nitrogens with zero attached hydrogens (tertiary/aromatic N) is 2. The number of urea groups is 2. The first-order valence-corrected chi connectivity index (χ1v) is 11.9. The molecular weight excluding hydrogens is 492 g/mol. The van der Waals surface area contributed by atoms with Crippen molar-refractivity contribution in [3.8, 4) is 0 Å². The number of carboxylic acid groups (broad SMARTS) is 1. The fourth-order valence-electron chi connectivity index (χ4n) is 3.85. The second kappa shape index (κ2) is 11.1. The molecule has 0 spiro atoms. The summed E-state index contributed by atoms with van der Waals surface area (Å²) in [5, 5.41) is 16.3. The molecule has 13 nitrogen and oxygen atoms in total. The number of rotatable bonds is 8. The molecule has 0 aliphatic carbocycles. The summed E-state index contributed by atoms with van der Waals surface area (Å²) in [6.07, 6.45) is -0.225. The number of nitrogens with one attached hydrogen (secondary N) is 3. The highest BCUT2D eigenvalue weighted by atomic mass is 32.2. The second-order valence-electron chi connectivity index (χ2n) is 8.10. The van der Waals surface area contributed by atoms with Crippen molar-refractivity contribution in [2.75, 3.05) is 19.8 Å². The van der Waals surface area contributed by atoms with E-state index in [9.17, 15) is 33.9 Å². The molecule has 3 rings (SSSR count). The Morgan fingerprint density at radius 1 is 1.19 bits per heavy atom. The van der Waals surface area contributed by atoms with Crippen molar-refractivity contribution in [2.24, 2.45) is 5.73 Å². The number of hydrogen-bond acceptors (Lipinski definition) is 7. The van der Waals surface area contributed by atoms with Gasteiger partial charge in [-0.15, -0.1) is 11.8 Å². The van der Waals surface area contributed by atoms with E-state index in [1.807, 2.05) is 0 Å². The Morgan fingerprint density at radius 3 is 2.44 bits per heavy atom. The Bertz CT molecular complexity index is 1130. The fraction of sp³-hybridized carbons (Fsp3) is 0.364. The van der Waals surface area contributed by atoms with Crippen molar-refractivity contribution in [1.29, 1.82) is 0 Å². The summed E-state index contributed by atoms with van der Waals surface area (Å²) < 4.78 is 0. The van der Waals surface area contributed by atoms with Gasteiger partial charge in [-0.05, 0) is 11.1 Å². The topological polar surface area (TPSA) is 191 Å². The van der Waals surface area contributed by atoms with Gasteiger partial charge in [-0.1, -0.05) is 30.3 Å². The zero-order chi connectivity index (χ0) is 26.6. The van der Waals surface area contributed by atoms with Crippen molar-refractivity contribution in [3.05, 3.63) is 47.2 Å². The molecule has 6 N–H and O–H groups in total. The van der Waals surface area contributed by atoms with Crippen LogP contribution in [0.5, 0.6) is 0 Å². The fourth-order valence-corrected chi connectivity index (χ4v) is 5.19. The van der Waals surface area contributed by atoms with Crippen molar-refractivity contribution >= 4 is 47.5 Å². The van der Waals surface area contributed by atoms with Crippen molar-refractivity contribution in [1.82, 2.24) is 25.8 Å². The number of benzene rings is 1. The number of aliphatic carboxylic acids is 1. The number of primary amides is 1. The minimum Gasteiger partial charge on any atom is -0.477 e. The normalized spacial score (nSPS) is 19.4. The molecule has 192 valence electrons. The van der Waals surface area contributed by atoms with Crippen molar-refractivity contribution < 1.29 is 33.9 Å². The molecule has 0 unspecified atom stereocenters. The van der Waals surface area contributed by atoms with Crippen LogP contribution in [-0.4, -0.2) is 88.0 Å². The summed E-state index contributed by atoms with van der Waals surface area (Å²) in [6, 6.07) is 5.13. The predicted octanol–water partition coefficient (Wildman–Crippen LogP) is -0.807. The van der Waals surface area contributed by atoms with Gasteiger partial charge in [-0.2, -0.15) is 0 Å². The monoisotopic (exact) mass is 518 g/mol. The summed E-state index contributed by atoms with van der Waals surface area (Å²) in [4.78, 5) is 75.3. The predicted molar refractivity (Wildman–Crippen MR) is 128 cm³/mol. The van der Waals surface area contributed by atoms with Gasteiger partial charge in [-0.25, -0.2) is 19.3 Å². The van der Waals surface area contributed by atoms with Gasteiger partial charge in [0.05, 0.1) is 6.42 Å². The van der Waals surface area contributed by atoms with Crippen LogP contribution in [0.4, 0.5) is 9.59 Å². The third kappa shape index (κ3) is 5.59. The number of imide groups is 1. The summed E-state index contributed by atoms with van der Waals surface area (Å²) in [6.45, 7) is 0. The first kappa shape index (κ1) is 26.5. The summed E-state index contributed by atoms with van der Waals surface area (Å²) in [7, 11) is 2.59. The first-order chi connectivity index (χ1) is 17.0. The quantitative estimate of drug-likeness (QED) is 0.276. The summed E-state index contributed by atoms with van der Waals surface area (Å²) in [5.41, 5.74) is 5.83. The molecule has 2 heterocycles. The maximum Gasteiger partial charge on any atom is 0.352 e. The van der Waals surface area contributed by atoms with E-state index in [1.54, 1.807) is 30.3 Å². The molecule has 2 aliphatic heterocycles. The van der Waals surface area contributed by atoms with E-state index in [4.69, 9.17) is 5.73 Å². The molecule has 3 atom stereocenters. The molecule has 36 heavy (non-hydrogen) atoms. The number of nitrogens with two attached hydrogens (primary N) is 1. The van der Waals surface area contributed by atoms with Crippen LogP contribution in [0.2, 0.25) is 0 Å². The van der Waals surface area contributed by atoms with E-state index >= 15 is 0 Å². The zero-order valence-electron chi connectivity index (χ0n) is 19.5. The van der Waals surface area contributed by atoms with Gasteiger partial charge in [0.25, 0.3) is 5.91 Å². The third-order valence-electron chi connectivity index (χ3n) is 5.66. The van der Waals surface area contributed by atoms with E-state index < -0.39 is 53.2 Å². The largest absolute Gasteiger partial charge is 0.477 e. The van der Waals surface area contributed by atoms with Crippen LogP contribution < -0.4 is 21.7 Å². The Morgan fingerprint density at radius 2 is 1.86 bits per heavy atom. The van der Waals surface area contributed by atoms with E-state index in [2.05, 4.69) is 16.0 Å². The van der Waals surface area contributed by atoms with Crippen LogP contribution >= 0.6 is 11.8 Å². The minimum atomic E-state index is -1.37. The number of fused-ring (bicyclic) bond motifs is 1. The van der Waals surface area contributed by atoms with Gasteiger partial charge in [0, 0.05) is 26.3 Å². The SMILES string of the molecule is CNC(=O)N(C)C(=O)N[C@@H](Cc1ccccc1)C(=O)N[C@@H]1C(=O)N2C(C(=O)O)=C(CC(N)=O)CS[C@H]12. The molecule has 0 saturated carbocycles. The summed E-state index contributed by atoms with van der Waals surface area (Å²) >= 11 is 1.19. The van der Waals surface area contributed by atoms with Gasteiger partial charge < -0.3 is 26.8 Å². The van der Waals surface area contributed by atoms with Gasteiger partial charge in [-0.3, -0.25) is 19.3 Å². The van der Waals surface area contributed by atoms with E-state index in [0.717, 1.165) is 15.4 Å². The molecule has 7 amide bonds. The van der Waals surface area contributed by atoms with Crippen LogP contribution in [-0.2, 0) is 25.6 Å². The molecule has 14 heteroatoms. The summed E-state index contributed by atoms with van der Waals surface area (Å²) in [5.74, 6) is -3.29. The van der Waals surface area contributed by atoms with Crippen molar-refractivity contribution in [3.63, 3.8) is 0 Å². The maximum atomic E-state index is 13.2.